The van der Waals surface area contributed by atoms with Crippen LogP contribution in [-0.2, 0) is 14.4 Å². The molecule has 0 radical (unpaired) electrons. The van der Waals surface area contributed by atoms with E-state index in [1.54, 1.807) is 0 Å². The summed E-state index contributed by atoms with van der Waals surface area (Å²) in [6.45, 7) is 4.20. The van der Waals surface area contributed by atoms with Crippen LogP contribution in [0.25, 0.3) is 0 Å². The van der Waals surface area contributed by atoms with Gasteiger partial charge in [0.05, 0.1) is 6.54 Å². The first-order chi connectivity index (χ1) is 14.6. The van der Waals surface area contributed by atoms with E-state index in [2.05, 4.69) is 38.3 Å². The van der Waals surface area contributed by atoms with E-state index in [4.69, 9.17) is 0 Å². The summed E-state index contributed by atoms with van der Waals surface area (Å²) in [6.07, 6.45) is 3.99. The summed E-state index contributed by atoms with van der Waals surface area (Å²) >= 11 is 0. The lowest BCUT2D eigenvalue weighted by molar-refractivity contribution is -0.133. The van der Waals surface area contributed by atoms with Gasteiger partial charge in [0.1, 0.15) is 6.04 Å². The molecular weight excluding hydrogens is 382 g/mol. The SMILES string of the molecule is O=C1CCC(Nc2ccc(C3CCN(CC(=O)N[C@H]4CCNC4)CC3)cc2)C(=O)N1. The largest absolute Gasteiger partial charge is 0.374 e. The van der Waals surface area contributed by atoms with Gasteiger partial charge in [0.2, 0.25) is 17.7 Å². The molecule has 3 fully saturated rings. The van der Waals surface area contributed by atoms with Crippen molar-refractivity contribution in [3.8, 4) is 0 Å². The van der Waals surface area contributed by atoms with Gasteiger partial charge in [-0.25, -0.2) is 0 Å². The quantitative estimate of drug-likeness (QED) is 0.509. The molecule has 3 heterocycles. The first-order valence-corrected chi connectivity index (χ1v) is 11.0. The molecule has 2 atom stereocenters. The van der Waals surface area contributed by atoms with Gasteiger partial charge < -0.3 is 16.0 Å². The third-order valence-corrected chi connectivity index (χ3v) is 6.34. The summed E-state index contributed by atoms with van der Waals surface area (Å²) in [7, 11) is 0. The zero-order chi connectivity index (χ0) is 20.9. The first kappa shape index (κ1) is 20.8. The summed E-state index contributed by atoms with van der Waals surface area (Å²) in [4.78, 5) is 37.6. The van der Waals surface area contributed by atoms with Gasteiger partial charge >= 0.3 is 0 Å². The molecule has 0 spiro atoms. The summed E-state index contributed by atoms with van der Waals surface area (Å²) in [5.74, 6) is 0.169. The van der Waals surface area contributed by atoms with Gasteiger partial charge in [-0.2, -0.15) is 0 Å². The van der Waals surface area contributed by atoms with Gasteiger partial charge in [0.25, 0.3) is 0 Å². The normalized spacial score (nSPS) is 25.7. The highest BCUT2D eigenvalue weighted by Crippen LogP contribution is 2.29. The molecule has 3 aliphatic heterocycles. The second kappa shape index (κ2) is 9.57. The third-order valence-electron chi connectivity index (χ3n) is 6.34. The maximum absolute atomic E-state index is 12.2. The van der Waals surface area contributed by atoms with Crippen LogP contribution in [0, 0.1) is 0 Å². The van der Waals surface area contributed by atoms with Crippen LogP contribution in [0.2, 0.25) is 0 Å². The van der Waals surface area contributed by atoms with Crippen molar-refractivity contribution < 1.29 is 14.4 Å². The molecule has 8 nitrogen and oxygen atoms in total. The minimum absolute atomic E-state index is 0.131. The van der Waals surface area contributed by atoms with Crippen molar-refractivity contribution in [2.24, 2.45) is 0 Å². The number of carbonyl (C=O) groups excluding carboxylic acids is 3. The van der Waals surface area contributed by atoms with Gasteiger partial charge in [-0.1, -0.05) is 12.1 Å². The Bertz CT molecular complexity index is 767. The van der Waals surface area contributed by atoms with E-state index < -0.39 is 0 Å². The Morgan fingerprint density at radius 3 is 2.50 bits per heavy atom. The minimum atomic E-state index is -0.358. The van der Waals surface area contributed by atoms with Crippen molar-refractivity contribution in [2.75, 3.05) is 38.0 Å². The summed E-state index contributed by atoms with van der Waals surface area (Å²) in [6, 6.07) is 8.18. The molecular formula is C22H31N5O3. The Labute approximate surface area is 177 Å². The molecule has 0 saturated carbocycles. The number of benzene rings is 1. The Balaban J connectivity index is 1.22. The predicted octanol–water partition coefficient (Wildman–Crippen LogP) is 0.561. The number of nitrogens with zero attached hydrogens (tertiary/aromatic N) is 1. The number of rotatable bonds is 6. The van der Waals surface area contributed by atoms with Crippen LogP contribution in [0.5, 0.6) is 0 Å². The topological polar surface area (TPSA) is 103 Å². The zero-order valence-electron chi connectivity index (χ0n) is 17.3. The van der Waals surface area contributed by atoms with Gasteiger partial charge in [-0.15, -0.1) is 0 Å². The van der Waals surface area contributed by atoms with E-state index in [9.17, 15) is 14.4 Å². The average molecular weight is 414 g/mol. The van der Waals surface area contributed by atoms with E-state index in [-0.39, 0.29) is 29.8 Å². The monoisotopic (exact) mass is 413 g/mol. The van der Waals surface area contributed by atoms with Crippen molar-refractivity contribution >= 4 is 23.4 Å². The van der Waals surface area contributed by atoms with E-state index in [1.165, 1.54) is 5.56 Å². The number of carbonyl (C=O) groups is 3. The lowest BCUT2D eigenvalue weighted by Crippen LogP contribution is -2.47. The molecule has 30 heavy (non-hydrogen) atoms. The molecule has 0 aliphatic carbocycles. The van der Waals surface area contributed by atoms with Crippen LogP contribution < -0.4 is 21.3 Å². The van der Waals surface area contributed by atoms with Gasteiger partial charge in [-0.3, -0.25) is 24.6 Å². The highest BCUT2D eigenvalue weighted by atomic mass is 16.2. The molecule has 0 bridgehead atoms. The van der Waals surface area contributed by atoms with Gasteiger partial charge in [0.15, 0.2) is 0 Å². The number of imide groups is 1. The molecule has 3 saturated heterocycles. The Hall–Kier alpha value is -2.45. The molecule has 1 aromatic carbocycles. The summed E-state index contributed by atoms with van der Waals surface area (Å²) < 4.78 is 0. The Kier molecular flexibility index (Phi) is 6.64. The van der Waals surface area contributed by atoms with Crippen LogP contribution in [-0.4, -0.2) is 67.4 Å². The van der Waals surface area contributed by atoms with Crippen molar-refractivity contribution in [1.29, 1.82) is 0 Å². The van der Waals surface area contributed by atoms with Gasteiger partial charge in [-0.05, 0) is 68.9 Å². The van der Waals surface area contributed by atoms with E-state index >= 15 is 0 Å². The zero-order valence-corrected chi connectivity index (χ0v) is 17.3. The number of hydrogen-bond acceptors (Lipinski definition) is 6. The van der Waals surface area contributed by atoms with E-state index in [0.29, 0.717) is 25.3 Å². The number of piperidine rings is 2. The Morgan fingerprint density at radius 1 is 1.07 bits per heavy atom. The molecule has 1 unspecified atom stereocenters. The highest BCUT2D eigenvalue weighted by Gasteiger charge is 2.27. The van der Waals surface area contributed by atoms with E-state index in [0.717, 1.165) is 51.1 Å². The van der Waals surface area contributed by atoms with Crippen molar-refractivity contribution in [3.63, 3.8) is 0 Å². The molecule has 162 valence electrons. The van der Waals surface area contributed by atoms with Gasteiger partial charge in [0, 0.05) is 24.7 Å². The predicted molar refractivity (Wildman–Crippen MR) is 114 cm³/mol. The standard InChI is InChI=1S/C22H31N5O3/c28-20-6-5-19(22(30)26-20)24-17-3-1-15(2-4-17)16-8-11-27(12-9-16)14-21(29)25-18-7-10-23-13-18/h1-4,16,18-19,23-24H,5-14H2,(H,25,29)(H,26,28,30)/t18-,19?/m0/s1. The average Bonchev–Trinajstić information content (AvgIpc) is 3.24. The van der Waals surface area contributed by atoms with Crippen molar-refractivity contribution in [2.45, 2.75) is 50.1 Å². The number of amides is 3. The fourth-order valence-corrected chi connectivity index (χ4v) is 4.56. The summed E-state index contributed by atoms with van der Waals surface area (Å²) in [5, 5.41) is 12.0. The Morgan fingerprint density at radius 2 is 1.83 bits per heavy atom. The van der Waals surface area contributed by atoms with Crippen LogP contribution in [0.1, 0.15) is 43.6 Å². The van der Waals surface area contributed by atoms with Crippen molar-refractivity contribution in [1.82, 2.24) is 20.9 Å². The smallest absolute Gasteiger partial charge is 0.249 e. The minimum Gasteiger partial charge on any atom is -0.374 e. The van der Waals surface area contributed by atoms with Crippen molar-refractivity contribution in [3.05, 3.63) is 29.8 Å². The number of nitrogens with one attached hydrogen (secondary N) is 4. The third kappa shape index (κ3) is 5.37. The molecule has 8 heteroatoms. The molecule has 0 aromatic heterocycles. The molecule has 3 amide bonds. The lowest BCUT2D eigenvalue weighted by Gasteiger charge is -2.32. The lowest BCUT2D eigenvalue weighted by atomic mass is 9.89. The number of likely N-dealkylation sites (tertiary alicyclic amines) is 1. The molecule has 3 aliphatic rings. The van der Waals surface area contributed by atoms with Crippen LogP contribution in [0.4, 0.5) is 5.69 Å². The number of hydrogen-bond donors (Lipinski definition) is 4. The fourth-order valence-electron chi connectivity index (χ4n) is 4.56. The maximum atomic E-state index is 12.2. The van der Waals surface area contributed by atoms with Crippen LogP contribution in [0.15, 0.2) is 24.3 Å². The molecule has 4 rings (SSSR count). The maximum Gasteiger partial charge on any atom is 0.249 e. The second-order valence-corrected chi connectivity index (χ2v) is 8.58. The first-order valence-electron chi connectivity index (χ1n) is 11.0. The number of anilines is 1. The van der Waals surface area contributed by atoms with Crippen LogP contribution in [0.3, 0.4) is 0 Å². The second-order valence-electron chi connectivity index (χ2n) is 8.58. The van der Waals surface area contributed by atoms with Crippen LogP contribution >= 0.6 is 0 Å². The highest BCUT2D eigenvalue weighted by molar-refractivity contribution is 6.01. The fraction of sp³-hybridized carbons (Fsp3) is 0.591. The summed E-state index contributed by atoms with van der Waals surface area (Å²) in [5.41, 5.74) is 2.19. The van der Waals surface area contributed by atoms with E-state index in [1.807, 2.05) is 12.1 Å². The molecule has 4 N–H and O–H groups in total. The molecule has 1 aromatic rings.